The molecule has 6 nitrogen and oxygen atoms in total. The lowest BCUT2D eigenvalue weighted by Crippen LogP contribution is -2.40. The Labute approximate surface area is 150 Å². The van der Waals surface area contributed by atoms with Gasteiger partial charge in [-0.25, -0.2) is 23.1 Å². The van der Waals surface area contributed by atoms with Crippen molar-refractivity contribution in [3.05, 3.63) is 58.6 Å². The van der Waals surface area contributed by atoms with Crippen LogP contribution in [0.25, 0.3) is 0 Å². The Kier molecular flexibility index (Phi) is 4.73. The number of halogens is 4. The first-order valence-corrected chi connectivity index (χ1v) is 7.71. The van der Waals surface area contributed by atoms with Gasteiger partial charge in [-0.1, -0.05) is 11.6 Å². The summed E-state index contributed by atoms with van der Waals surface area (Å²) in [7, 11) is 0. The molecule has 0 saturated carbocycles. The Morgan fingerprint density at radius 3 is 2.88 bits per heavy atom. The quantitative estimate of drug-likeness (QED) is 0.850. The van der Waals surface area contributed by atoms with Gasteiger partial charge in [-0.2, -0.15) is 0 Å². The number of pyridine rings is 1. The number of carbonyl (C=O) groups excluding carboxylic acids is 1. The highest BCUT2D eigenvalue weighted by atomic mass is 35.5. The lowest BCUT2D eigenvalue weighted by molar-refractivity contribution is -0.0788. The summed E-state index contributed by atoms with van der Waals surface area (Å²) in [5.74, 6) is -5.05. The Morgan fingerprint density at radius 1 is 1.38 bits per heavy atom. The average Bonchev–Trinajstić information content (AvgIpc) is 2.59. The predicted octanol–water partition coefficient (Wildman–Crippen LogP) is 3.15. The first-order chi connectivity index (χ1) is 12.3. The van der Waals surface area contributed by atoms with Crippen LogP contribution in [0.1, 0.15) is 22.1 Å². The van der Waals surface area contributed by atoms with Crippen molar-refractivity contribution in [2.45, 2.75) is 12.0 Å². The average molecular weight is 385 g/mol. The van der Waals surface area contributed by atoms with Crippen LogP contribution >= 0.6 is 11.6 Å². The van der Waals surface area contributed by atoms with Crippen LogP contribution in [0, 0.1) is 5.82 Å². The zero-order valence-electron chi connectivity index (χ0n) is 13.0. The molecule has 3 N–H and O–H groups in total. The van der Waals surface area contributed by atoms with E-state index in [1.54, 1.807) is 6.07 Å². The lowest BCUT2D eigenvalue weighted by Gasteiger charge is -2.28. The molecule has 1 aromatic carbocycles. The number of aromatic nitrogens is 1. The van der Waals surface area contributed by atoms with E-state index < -0.39 is 41.9 Å². The van der Waals surface area contributed by atoms with Crippen molar-refractivity contribution in [3.8, 4) is 0 Å². The summed E-state index contributed by atoms with van der Waals surface area (Å²) in [5.41, 5.74) is 4.92. The molecule has 26 heavy (non-hydrogen) atoms. The minimum atomic E-state index is -3.46. The number of amides is 1. The van der Waals surface area contributed by atoms with Gasteiger partial charge >= 0.3 is 5.92 Å². The number of nitrogens with two attached hydrogens (primary N) is 1. The van der Waals surface area contributed by atoms with E-state index in [0.29, 0.717) is 0 Å². The number of aliphatic imine (C=N–C) groups is 1. The summed E-state index contributed by atoms with van der Waals surface area (Å²) < 4.78 is 46.7. The van der Waals surface area contributed by atoms with Crippen molar-refractivity contribution >= 4 is 29.2 Å². The van der Waals surface area contributed by atoms with Crippen LogP contribution in [0.2, 0.25) is 5.02 Å². The zero-order chi connectivity index (χ0) is 18.9. The maximum Gasteiger partial charge on any atom is 0.307 e. The Hall–Kier alpha value is -2.81. The van der Waals surface area contributed by atoms with Gasteiger partial charge < -0.3 is 15.8 Å². The van der Waals surface area contributed by atoms with Gasteiger partial charge in [0.15, 0.2) is 12.6 Å². The van der Waals surface area contributed by atoms with E-state index in [-0.39, 0.29) is 16.4 Å². The maximum atomic E-state index is 14.1. The summed E-state index contributed by atoms with van der Waals surface area (Å²) >= 11 is 5.89. The van der Waals surface area contributed by atoms with E-state index in [4.69, 9.17) is 17.3 Å². The molecule has 0 bridgehead atoms. The second-order valence-corrected chi connectivity index (χ2v) is 5.85. The number of alkyl halides is 2. The second-order valence-electron chi connectivity index (χ2n) is 5.44. The maximum absolute atomic E-state index is 14.1. The van der Waals surface area contributed by atoms with Gasteiger partial charge in [0.1, 0.15) is 11.5 Å². The first-order valence-electron chi connectivity index (χ1n) is 7.33. The predicted molar refractivity (Wildman–Crippen MR) is 88.9 cm³/mol. The van der Waals surface area contributed by atoms with Gasteiger partial charge in [-0.3, -0.25) is 4.79 Å². The molecule has 0 radical (unpaired) electrons. The minimum absolute atomic E-state index is 0.0568. The topological polar surface area (TPSA) is 89.6 Å². The molecule has 1 aliphatic heterocycles. The summed E-state index contributed by atoms with van der Waals surface area (Å²) in [4.78, 5) is 19.6. The molecule has 2 aromatic rings. The van der Waals surface area contributed by atoms with Crippen molar-refractivity contribution in [2.75, 3.05) is 11.9 Å². The third-order valence-electron chi connectivity index (χ3n) is 3.59. The molecule has 1 amide bonds. The number of benzene rings is 1. The highest BCUT2D eigenvalue weighted by molar-refractivity contribution is 6.34. The molecule has 0 fully saturated rings. The van der Waals surface area contributed by atoms with Gasteiger partial charge in [0, 0.05) is 17.4 Å². The fourth-order valence-corrected chi connectivity index (χ4v) is 2.59. The smallest absolute Gasteiger partial charge is 0.307 e. The molecule has 0 spiro atoms. The van der Waals surface area contributed by atoms with Gasteiger partial charge in [0.25, 0.3) is 11.9 Å². The molecule has 0 saturated heterocycles. The van der Waals surface area contributed by atoms with E-state index in [0.717, 1.165) is 12.1 Å². The van der Waals surface area contributed by atoms with Crippen LogP contribution in [-0.2, 0) is 4.74 Å². The molecular weight excluding hydrogens is 373 g/mol. The van der Waals surface area contributed by atoms with Crippen LogP contribution in [0.4, 0.5) is 18.9 Å². The van der Waals surface area contributed by atoms with E-state index in [9.17, 15) is 18.0 Å². The summed E-state index contributed by atoms with van der Waals surface area (Å²) in [6, 6.07) is 3.91. The molecule has 1 atom stereocenters. The number of carbonyl (C=O) groups is 1. The second kappa shape index (κ2) is 6.83. The normalized spacial score (nSPS) is 18.6. The van der Waals surface area contributed by atoms with Gasteiger partial charge in [0.2, 0.25) is 0 Å². The van der Waals surface area contributed by atoms with Crippen molar-refractivity contribution in [1.82, 2.24) is 4.98 Å². The number of hydrogen-bond donors (Lipinski definition) is 2. The highest BCUT2D eigenvalue weighted by Gasteiger charge is 2.46. The Balaban J connectivity index is 1.92. The fraction of sp³-hybridized carbons (Fsp3) is 0.188. The fourth-order valence-electron chi connectivity index (χ4n) is 2.38. The molecular formula is C16H12ClF3N4O2. The molecule has 2 heterocycles. The number of anilines is 1. The Bertz CT molecular complexity index is 892. The number of amidine groups is 1. The van der Waals surface area contributed by atoms with Crippen molar-refractivity contribution in [2.24, 2.45) is 10.7 Å². The van der Waals surface area contributed by atoms with Crippen LogP contribution in [0.15, 0.2) is 41.5 Å². The van der Waals surface area contributed by atoms with Crippen LogP contribution in [-0.4, -0.2) is 29.4 Å². The number of nitrogens with one attached hydrogen (secondary N) is 1. The molecule has 136 valence electrons. The number of hydrogen-bond acceptors (Lipinski definition) is 5. The van der Waals surface area contributed by atoms with Crippen molar-refractivity contribution < 1.29 is 22.7 Å². The first kappa shape index (κ1) is 18.0. The van der Waals surface area contributed by atoms with Crippen molar-refractivity contribution in [1.29, 1.82) is 0 Å². The van der Waals surface area contributed by atoms with E-state index >= 15 is 0 Å². The lowest BCUT2D eigenvalue weighted by atomic mass is 9.99. The monoisotopic (exact) mass is 384 g/mol. The number of rotatable bonds is 3. The van der Waals surface area contributed by atoms with Crippen molar-refractivity contribution in [3.63, 3.8) is 0 Å². The summed E-state index contributed by atoms with van der Waals surface area (Å²) in [6.45, 7) is -1.02. The molecule has 1 unspecified atom stereocenters. The molecule has 3 rings (SSSR count). The third kappa shape index (κ3) is 3.57. The zero-order valence-corrected chi connectivity index (χ0v) is 13.8. The molecule has 0 aliphatic carbocycles. The Morgan fingerprint density at radius 2 is 2.15 bits per heavy atom. The highest BCUT2D eigenvalue weighted by Crippen LogP contribution is 2.39. The van der Waals surface area contributed by atoms with Gasteiger partial charge in [0.05, 0.1) is 5.02 Å². The van der Waals surface area contributed by atoms with Crippen LogP contribution in [0.3, 0.4) is 0 Å². The van der Waals surface area contributed by atoms with Gasteiger partial charge in [-0.05, 0) is 30.3 Å². The summed E-state index contributed by atoms with van der Waals surface area (Å²) in [6.07, 6.45) is 1.37. The molecule has 1 aromatic heterocycles. The largest absolute Gasteiger partial charge is 0.459 e. The third-order valence-corrected chi connectivity index (χ3v) is 3.90. The standard InChI is InChI=1S/C16H12ClF3N4O2/c17-10-2-1-5-22-12(10)14(25)23-8-3-4-11(18)9(6-8)13-16(19,20)7-26-15(21)24-13/h1-6,13H,7H2,(H2,21,24)(H,23,25). The number of nitrogens with zero attached hydrogens (tertiary/aromatic N) is 2. The molecule has 10 heteroatoms. The van der Waals surface area contributed by atoms with E-state index in [1.807, 2.05) is 0 Å². The van der Waals surface area contributed by atoms with E-state index in [1.165, 1.54) is 18.3 Å². The van der Waals surface area contributed by atoms with Crippen LogP contribution in [0.5, 0.6) is 0 Å². The molecule has 1 aliphatic rings. The van der Waals surface area contributed by atoms with E-state index in [2.05, 4.69) is 20.0 Å². The summed E-state index contributed by atoms with van der Waals surface area (Å²) in [5, 5.41) is 2.55. The van der Waals surface area contributed by atoms with Gasteiger partial charge in [-0.15, -0.1) is 0 Å². The minimum Gasteiger partial charge on any atom is -0.459 e. The van der Waals surface area contributed by atoms with Crippen LogP contribution < -0.4 is 11.1 Å². The number of ether oxygens (including phenoxy) is 1. The SMILES string of the molecule is NC1=NC(c2cc(NC(=O)c3ncccc3Cl)ccc2F)C(F)(F)CO1.